The average Bonchev–Trinajstić information content (AvgIpc) is 2.87. The van der Waals surface area contributed by atoms with Crippen LogP contribution in [0.3, 0.4) is 0 Å². The molecule has 0 spiro atoms. The predicted molar refractivity (Wildman–Crippen MR) is 84.6 cm³/mol. The molecule has 5 heteroatoms. The molecule has 0 saturated heterocycles. The summed E-state index contributed by atoms with van der Waals surface area (Å²) in [6, 6.07) is 3.05. The third kappa shape index (κ3) is 2.68. The van der Waals surface area contributed by atoms with Gasteiger partial charge in [-0.3, -0.25) is 4.99 Å². The molecule has 1 fully saturated rings. The molecule has 0 aromatic carbocycles. The first-order valence-electron chi connectivity index (χ1n) is 7.08. The van der Waals surface area contributed by atoms with E-state index < -0.39 is 0 Å². The molecular formula is C14H20BrN3S. The van der Waals surface area contributed by atoms with Crippen LogP contribution in [0.4, 0.5) is 0 Å². The summed E-state index contributed by atoms with van der Waals surface area (Å²) in [5.74, 6) is 0.747. The fraction of sp³-hybridized carbons (Fsp3) is 0.643. The molecule has 1 saturated carbocycles. The lowest BCUT2D eigenvalue weighted by Gasteiger charge is -2.33. The topological polar surface area (TPSA) is 41.6 Å². The minimum absolute atomic E-state index is 0.345. The van der Waals surface area contributed by atoms with Crippen molar-refractivity contribution in [1.29, 1.82) is 0 Å². The van der Waals surface area contributed by atoms with Gasteiger partial charge in [0.15, 0.2) is 5.96 Å². The number of hydrogen-bond acceptors (Lipinski definition) is 4. The first kappa shape index (κ1) is 13.4. The SMILES string of the molecule is NC1=NCC(c2sccc2Br)N1C1CCCCCC1. The second-order valence-electron chi connectivity index (χ2n) is 5.40. The molecular weight excluding hydrogens is 322 g/mol. The number of thiophene rings is 1. The van der Waals surface area contributed by atoms with Crippen molar-refractivity contribution in [2.75, 3.05) is 6.54 Å². The van der Waals surface area contributed by atoms with Crippen LogP contribution in [-0.4, -0.2) is 23.4 Å². The van der Waals surface area contributed by atoms with Crippen molar-refractivity contribution < 1.29 is 0 Å². The zero-order chi connectivity index (χ0) is 13.2. The van der Waals surface area contributed by atoms with E-state index in [0.717, 1.165) is 12.5 Å². The molecule has 3 rings (SSSR count). The van der Waals surface area contributed by atoms with Crippen LogP contribution in [-0.2, 0) is 0 Å². The van der Waals surface area contributed by atoms with E-state index in [1.54, 1.807) is 11.3 Å². The van der Waals surface area contributed by atoms with Crippen LogP contribution in [0.15, 0.2) is 20.9 Å². The van der Waals surface area contributed by atoms with E-state index in [4.69, 9.17) is 5.73 Å². The average molecular weight is 342 g/mol. The van der Waals surface area contributed by atoms with Gasteiger partial charge in [-0.15, -0.1) is 11.3 Å². The molecule has 19 heavy (non-hydrogen) atoms. The number of guanidine groups is 1. The lowest BCUT2D eigenvalue weighted by molar-refractivity contribution is 0.239. The Hall–Kier alpha value is -0.550. The van der Waals surface area contributed by atoms with Crippen molar-refractivity contribution in [1.82, 2.24) is 4.90 Å². The van der Waals surface area contributed by atoms with Crippen LogP contribution in [0.25, 0.3) is 0 Å². The minimum Gasteiger partial charge on any atom is -0.370 e. The third-order valence-corrected chi connectivity index (χ3v) is 6.16. The molecule has 0 radical (unpaired) electrons. The van der Waals surface area contributed by atoms with Crippen LogP contribution in [0.2, 0.25) is 0 Å². The van der Waals surface area contributed by atoms with Crippen molar-refractivity contribution >= 4 is 33.2 Å². The van der Waals surface area contributed by atoms with Gasteiger partial charge >= 0.3 is 0 Å². The van der Waals surface area contributed by atoms with Crippen LogP contribution < -0.4 is 5.73 Å². The molecule has 1 aromatic heterocycles. The summed E-state index contributed by atoms with van der Waals surface area (Å²) in [4.78, 5) is 8.27. The van der Waals surface area contributed by atoms with Gasteiger partial charge in [0.2, 0.25) is 0 Å². The Morgan fingerprint density at radius 2 is 2.00 bits per heavy atom. The molecule has 104 valence electrons. The summed E-state index contributed by atoms with van der Waals surface area (Å²) >= 11 is 5.46. The first-order valence-corrected chi connectivity index (χ1v) is 8.76. The fourth-order valence-electron chi connectivity index (χ4n) is 3.24. The van der Waals surface area contributed by atoms with E-state index in [1.165, 1.54) is 47.9 Å². The summed E-state index contributed by atoms with van der Waals surface area (Å²) in [5.41, 5.74) is 6.17. The molecule has 2 heterocycles. The predicted octanol–water partition coefficient (Wildman–Crippen LogP) is 3.90. The van der Waals surface area contributed by atoms with Crippen molar-refractivity contribution in [3.8, 4) is 0 Å². The largest absolute Gasteiger partial charge is 0.370 e. The smallest absolute Gasteiger partial charge is 0.192 e. The monoisotopic (exact) mass is 341 g/mol. The Morgan fingerprint density at radius 1 is 1.26 bits per heavy atom. The van der Waals surface area contributed by atoms with Crippen molar-refractivity contribution in [2.45, 2.75) is 50.6 Å². The second-order valence-corrected chi connectivity index (χ2v) is 7.20. The zero-order valence-corrected chi connectivity index (χ0v) is 13.4. The molecule has 2 N–H and O–H groups in total. The number of hydrogen-bond donors (Lipinski definition) is 1. The third-order valence-electron chi connectivity index (χ3n) is 4.19. The van der Waals surface area contributed by atoms with E-state index in [-0.39, 0.29) is 0 Å². The van der Waals surface area contributed by atoms with Gasteiger partial charge in [0.1, 0.15) is 0 Å². The maximum absolute atomic E-state index is 6.17. The highest BCUT2D eigenvalue weighted by molar-refractivity contribution is 9.10. The van der Waals surface area contributed by atoms with Crippen molar-refractivity contribution in [2.24, 2.45) is 10.7 Å². The van der Waals surface area contributed by atoms with Crippen molar-refractivity contribution in [3.63, 3.8) is 0 Å². The Bertz CT molecular complexity index is 463. The zero-order valence-electron chi connectivity index (χ0n) is 11.0. The van der Waals surface area contributed by atoms with Gasteiger partial charge in [0, 0.05) is 15.4 Å². The van der Waals surface area contributed by atoms with Crippen LogP contribution in [0.1, 0.15) is 49.4 Å². The summed E-state index contributed by atoms with van der Waals surface area (Å²) in [5, 5.41) is 2.14. The fourth-order valence-corrected chi connectivity index (χ4v) is 4.97. The number of nitrogens with zero attached hydrogens (tertiary/aromatic N) is 2. The Morgan fingerprint density at radius 3 is 2.63 bits per heavy atom. The summed E-state index contributed by atoms with van der Waals surface area (Å²) < 4.78 is 1.20. The van der Waals surface area contributed by atoms with Crippen LogP contribution in [0, 0.1) is 0 Å². The molecule has 1 aromatic rings. The second kappa shape index (κ2) is 5.83. The van der Waals surface area contributed by atoms with Gasteiger partial charge < -0.3 is 10.6 Å². The van der Waals surface area contributed by atoms with Crippen LogP contribution >= 0.6 is 27.3 Å². The minimum atomic E-state index is 0.345. The Labute approximate surface area is 127 Å². The van der Waals surface area contributed by atoms with Gasteiger partial charge in [-0.05, 0) is 40.2 Å². The molecule has 1 unspecified atom stereocenters. The maximum atomic E-state index is 6.17. The Balaban J connectivity index is 1.83. The summed E-state index contributed by atoms with van der Waals surface area (Å²) in [6.45, 7) is 0.807. The van der Waals surface area contributed by atoms with E-state index in [2.05, 4.69) is 37.3 Å². The van der Waals surface area contributed by atoms with E-state index in [9.17, 15) is 0 Å². The highest BCUT2D eigenvalue weighted by Gasteiger charge is 2.34. The molecule has 1 aliphatic heterocycles. The quantitative estimate of drug-likeness (QED) is 0.828. The highest BCUT2D eigenvalue weighted by atomic mass is 79.9. The number of nitrogens with two attached hydrogens (primary N) is 1. The molecule has 2 aliphatic rings. The van der Waals surface area contributed by atoms with E-state index in [1.807, 2.05) is 0 Å². The van der Waals surface area contributed by atoms with Crippen LogP contribution in [0.5, 0.6) is 0 Å². The van der Waals surface area contributed by atoms with Gasteiger partial charge in [0.05, 0.1) is 12.6 Å². The van der Waals surface area contributed by atoms with Crippen molar-refractivity contribution in [3.05, 3.63) is 20.8 Å². The van der Waals surface area contributed by atoms with Gasteiger partial charge in [-0.25, -0.2) is 0 Å². The lowest BCUT2D eigenvalue weighted by Crippen LogP contribution is -2.43. The van der Waals surface area contributed by atoms with Gasteiger partial charge in [-0.1, -0.05) is 25.7 Å². The number of halogens is 1. The van der Waals surface area contributed by atoms with E-state index in [0.29, 0.717) is 12.1 Å². The van der Waals surface area contributed by atoms with Gasteiger partial charge in [0.25, 0.3) is 0 Å². The number of rotatable bonds is 2. The lowest BCUT2D eigenvalue weighted by atomic mass is 10.0. The Kier molecular flexibility index (Phi) is 4.12. The highest BCUT2D eigenvalue weighted by Crippen LogP contribution is 2.38. The molecule has 3 nitrogen and oxygen atoms in total. The van der Waals surface area contributed by atoms with E-state index >= 15 is 0 Å². The summed E-state index contributed by atoms with van der Waals surface area (Å²) in [7, 11) is 0. The molecule has 0 amide bonds. The van der Waals surface area contributed by atoms with Gasteiger partial charge in [-0.2, -0.15) is 0 Å². The first-order chi connectivity index (χ1) is 9.27. The maximum Gasteiger partial charge on any atom is 0.192 e. The molecule has 1 aliphatic carbocycles. The normalized spacial score (nSPS) is 25.4. The molecule has 1 atom stereocenters. The number of aliphatic imine (C=N–C) groups is 1. The standard InChI is InChI=1S/C14H20BrN3S/c15-11-7-8-19-13(11)12-9-17-14(16)18(12)10-5-3-1-2-4-6-10/h7-8,10,12H,1-6,9H2,(H2,16,17). The summed E-state index contributed by atoms with van der Waals surface area (Å²) in [6.07, 6.45) is 7.91. The molecule has 0 bridgehead atoms.